The number of hydrogen-bond acceptors (Lipinski definition) is 6. The maximum absolute atomic E-state index is 14.3. The highest BCUT2D eigenvalue weighted by Crippen LogP contribution is 2.37. The van der Waals surface area contributed by atoms with Crippen molar-refractivity contribution in [1.29, 1.82) is 0 Å². The van der Waals surface area contributed by atoms with E-state index in [-0.39, 0.29) is 22.0 Å². The zero-order valence-corrected chi connectivity index (χ0v) is 17.6. The molecule has 6 nitrogen and oxygen atoms in total. The van der Waals surface area contributed by atoms with Gasteiger partial charge in [0.05, 0.1) is 22.9 Å². The Hall–Kier alpha value is -1.55. The van der Waals surface area contributed by atoms with Crippen molar-refractivity contribution in [2.45, 2.75) is 29.7 Å². The second kappa shape index (κ2) is 8.64. The molecular formula is C16H15Cl2FN2O4S2. The number of pyridine rings is 1. The molecule has 1 N–H and O–H groups in total. The monoisotopic (exact) mass is 452 g/mol. The van der Waals surface area contributed by atoms with Gasteiger partial charge in [0.2, 0.25) is 15.9 Å². The number of halogens is 3. The number of sulfonamides is 1. The molecule has 0 unspecified atom stereocenters. The molecular weight excluding hydrogens is 438 g/mol. The van der Waals surface area contributed by atoms with Crippen LogP contribution in [0.1, 0.15) is 24.2 Å². The molecule has 0 atom stereocenters. The average molecular weight is 453 g/mol. The van der Waals surface area contributed by atoms with Crippen molar-refractivity contribution >= 4 is 50.9 Å². The third-order valence-corrected chi connectivity index (χ3v) is 5.17. The third-order valence-electron chi connectivity index (χ3n) is 2.90. The van der Waals surface area contributed by atoms with Crippen molar-refractivity contribution in [3.8, 4) is 5.88 Å². The molecule has 0 aliphatic carbocycles. The Kier molecular flexibility index (Phi) is 6.96. The van der Waals surface area contributed by atoms with Crippen LogP contribution in [0.25, 0.3) is 0 Å². The number of benzene rings is 1. The van der Waals surface area contributed by atoms with Gasteiger partial charge in [-0.25, -0.2) is 22.5 Å². The van der Waals surface area contributed by atoms with Gasteiger partial charge in [0.25, 0.3) is 5.91 Å². The third kappa shape index (κ3) is 6.24. The minimum atomic E-state index is -3.83. The van der Waals surface area contributed by atoms with Crippen molar-refractivity contribution in [1.82, 2.24) is 9.71 Å². The molecule has 1 amide bonds. The molecule has 1 aromatic carbocycles. The van der Waals surface area contributed by atoms with E-state index in [9.17, 15) is 17.6 Å². The van der Waals surface area contributed by atoms with Gasteiger partial charge in [-0.3, -0.25) is 4.79 Å². The molecule has 0 fully saturated rings. The number of nitrogens with zero attached hydrogens (tertiary/aromatic N) is 1. The summed E-state index contributed by atoms with van der Waals surface area (Å²) >= 11 is 13.3. The Labute approximate surface area is 170 Å². The highest BCUT2D eigenvalue weighted by molar-refractivity contribution is 7.99. The van der Waals surface area contributed by atoms with E-state index >= 15 is 0 Å². The van der Waals surface area contributed by atoms with Gasteiger partial charge in [0.15, 0.2) is 0 Å². The minimum absolute atomic E-state index is 0.0682. The molecule has 0 saturated carbocycles. The van der Waals surface area contributed by atoms with Crippen LogP contribution < -0.4 is 9.46 Å². The first-order valence-electron chi connectivity index (χ1n) is 7.47. The number of ether oxygens (including phenoxy) is 1. The second-order valence-corrected chi connectivity index (χ2v) is 9.37. The largest absolute Gasteiger partial charge is 0.474 e. The Morgan fingerprint density at radius 2 is 1.93 bits per heavy atom. The van der Waals surface area contributed by atoms with Crippen LogP contribution in [0.5, 0.6) is 5.88 Å². The topological polar surface area (TPSA) is 85.4 Å². The van der Waals surface area contributed by atoms with Crippen molar-refractivity contribution in [3.05, 3.63) is 45.8 Å². The highest BCUT2D eigenvalue weighted by atomic mass is 35.5. The number of aromatic nitrogens is 1. The smallest absolute Gasteiger partial charge is 0.267 e. The predicted molar refractivity (Wildman–Crippen MR) is 103 cm³/mol. The van der Waals surface area contributed by atoms with Gasteiger partial charge in [-0.1, -0.05) is 35.0 Å². The average Bonchev–Trinajstić information content (AvgIpc) is 2.51. The van der Waals surface area contributed by atoms with Gasteiger partial charge < -0.3 is 4.74 Å². The molecule has 2 rings (SSSR count). The summed E-state index contributed by atoms with van der Waals surface area (Å²) in [6.07, 6.45) is 2.19. The van der Waals surface area contributed by atoms with Crippen LogP contribution in [0.4, 0.5) is 4.39 Å². The molecule has 0 aliphatic heterocycles. The summed E-state index contributed by atoms with van der Waals surface area (Å²) in [6.45, 7) is 3.68. The van der Waals surface area contributed by atoms with E-state index in [1.54, 1.807) is 10.8 Å². The van der Waals surface area contributed by atoms with Crippen LogP contribution in [-0.2, 0) is 10.0 Å². The van der Waals surface area contributed by atoms with Gasteiger partial charge in [-0.2, -0.15) is 0 Å². The van der Waals surface area contributed by atoms with Crippen molar-refractivity contribution in [2.75, 3.05) is 6.26 Å². The van der Waals surface area contributed by atoms with E-state index in [0.717, 1.165) is 30.2 Å². The zero-order chi connectivity index (χ0) is 20.4. The SMILES string of the molecule is CC(C)Oc1ncc(Sc2cc(F)c(C(=O)NS(C)(=O)=O)cc2Cl)cc1Cl. The summed E-state index contributed by atoms with van der Waals surface area (Å²) in [7, 11) is -3.83. The number of nitrogens with one attached hydrogen (secondary N) is 1. The first-order valence-corrected chi connectivity index (χ1v) is 10.9. The lowest BCUT2D eigenvalue weighted by atomic mass is 10.2. The number of hydrogen-bond donors (Lipinski definition) is 1. The summed E-state index contributed by atoms with van der Waals surface area (Å²) in [4.78, 5) is 16.8. The lowest BCUT2D eigenvalue weighted by Gasteiger charge is -2.12. The van der Waals surface area contributed by atoms with Gasteiger partial charge in [-0.05, 0) is 32.0 Å². The maximum atomic E-state index is 14.3. The fourth-order valence-electron chi connectivity index (χ4n) is 1.90. The van der Waals surface area contributed by atoms with Crippen LogP contribution >= 0.6 is 35.0 Å². The van der Waals surface area contributed by atoms with Gasteiger partial charge >= 0.3 is 0 Å². The highest BCUT2D eigenvalue weighted by Gasteiger charge is 2.19. The molecule has 146 valence electrons. The van der Waals surface area contributed by atoms with E-state index in [2.05, 4.69) is 4.98 Å². The zero-order valence-electron chi connectivity index (χ0n) is 14.4. The Morgan fingerprint density at radius 3 is 2.48 bits per heavy atom. The Balaban J connectivity index is 2.26. The summed E-state index contributed by atoms with van der Waals surface area (Å²) in [5.41, 5.74) is -0.480. The molecule has 11 heteroatoms. The fraction of sp³-hybridized carbons (Fsp3) is 0.250. The molecule has 0 aliphatic rings. The van der Waals surface area contributed by atoms with Crippen LogP contribution in [0.3, 0.4) is 0 Å². The summed E-state index contributed by atoms with van der Waals surface area (Å²) < 4.78 is 43.6. The lowest BCUT2D eigenvalue weighted by Crippen LogP contribution is -2.30. The number of rotatable bonds is 6. The van der Waals surface area contributed by atoms with Crippen molar-refractivity contribution in [2.24, 2.45) is 0 Å². The van der Waals surface area contributed by atoms with E-state index in [1.165, 1.54) is 6.20 Å². The molecule has 0 spiro atoms. The summed E-state index contributed by atoms with van der Waals surface area (Å²) in [5.74, 6) is -1.74. The van der Waals surface area contributed by atoms with Crippen LogP contribution in [0.15, 0.2) is 34.2 Å². The predicted octanol–water partition coefficient (Wildman–Crippen LogP) is 4.16. The quantitative estimate of drug-likeness (QED) is 0.707. The lowest BCUT2D eigenvalue weighted by molar-refractivity contribution is 0.0977. The van der Waals surface area contributed by atoms with Crippen molar-refractivity contribution < 1.29 is 22.3 Å². The van der Waals surface area contributed by atoms with Crippen molar-refractivity contribution in [3.63, 3.8) is 0 Å². The molecule has 2 aromatic rings. The van der Waals surface area contributed by atoms with E-state index in [1.807, 2.05) is 13.8 Å². The normalized spacial score (nSPS) is 11.5. The number of carbonyl (C=O) groups is 1. The van der Waals surface area contributed by atoms with E-state index in [0.29, 0.717) is 9.79 Å². The molecule has 27 heavy (non-hydrogen) atoms. The molecule has 1 aromatic heterocycles. The molecule has 0 saturated heterocycles. The van der Waals surface area contributed by atoms with Crippen LogP contribution in [-0.4, -0.2) is 31.7 Å². The van der Waals surface area contributed by atoms with E-state index in [4.69, 9.17) is 27.9 Å². The van der Waals surface area contributed by atoms with Gasteiger partial charge in [0, 0.05) is 16.0 Å². The molecule has 1 heterocycles. The number of carbonyl (C=O) groups excluding carboxylic acids is 1. The molecule has 0 bridgehead atoms. The standard InChI is InChI=1S/C16H15Cl2FN2O4S2/c1-8(2)25-16-12(18)4-9(7-20-16)26-14-6-13(19)10(5-11(14)17)15(22)21-27(3,23)24/h4-8H,1-3H3,(H,21,22). The van der Waals surface area contributed by atoms with Crippen LogP contribution in [0.2, 0.25) is 10.0 Å². The van der Waals surface area contributed by atoms with Gasteiger partial charge in [-0.15, -0.1) is 0 Å². The first kappa shape index (κ1) is 21.7. The van der Waals surface area contributed by atoms with E-state index < -0.39 is 27.3 Å². The first-order chi connectivity index (χ1) is 12.5. The van der Waals surface area contributed by atoms with Crippen LogP contribution in [0, 0.1) is 5.82 Å². The Bertz CT molecular complexity index is 985. The summed E-state index contributed by atoms with van der Waals surface area (Å²) in [5, 5.41) is 0.355. The number of amides is 1. The maximum Gasteiger partial charge on any atom is 0.267 e. The second-order valence-electron chi connectivity index (χ2n) is 5.69. The minimum Gasteiger partial charge on any atom is -0.474 e. The summed E-state index contributed by atoms with van der Waals surface area (Å²) in [6, 6.07) is 3.69. The van der Waals surface area contributed by atoms with Gasteiger partial charge in [0.1, 0.15) is 10.8 Å². The Morgan fingerprint density at radius 1 is 1.26 bits per heavy atom. The fourth-order valence-corrected chi connectivity index (χ4v) is 3.76. The molecule has 0 radical (unpaired) electrons.